The zero-order chi connectivity index (χ0) is 13.1. The Morgan fingerprint density at radius 3 is 2.84 bits per heavy atom. The third-order valence-electron chi connectivity index (χ3n) is 5.64. The highest BCUT2D eigenvalue weighted by molar-refractivity contribution is 7.99. The number of hydrogen-bond donors (Lipinski definition) is 1. The Bertz CT molecular complexity index is 290. The topological polar surface area (TPSA) is 21.3 Å². The van der Waals surface area contributed by atoms with E-state index in [9.17, 15) is 0 Å². The second-order valence-corrected chi connectivity index (χ2v) is 7.89. The zero-order valence-electron chi connectivity index (χ0n) is 12.3. The fourth-order valence-electron chi connectivity index (χ4n) is 4.55. The van der Waals surface area contributed by atoms with Crippen LogP contribution in [-0.4, -0.2) is 36.8 Å². The van der Waals surface area contributed by atoms with Crippen molar-refractivity contribution in [1.82, 2.24) is 5.32 Å². The van der Waals surface area contributed by atoms with Crippen molar-refractivity contribution >= 4 is 11.8 Å². The Balaban J connectivity index is 1.68. The molecule has 3 heteroatoms. The average molecular weight is 283 g/mol. The molecule has 0 aromatic carbocycles. The Morgan fingerprint density at radius 2 is 2.05 bits per heavy atom. The van der Waals surface area contributed by atoms with E-state index in [-0.39, 0.29) is 5.60 Å². The summed E-state index contributed by atoms with van der Waals surface area (Å²) in [6, 6.07) is 0.761. The summed E-state index contributed by atoms with van der Waals surface area (Å²) in [5.74, 6) is 4.37. The first-order chi connectivity index (χ1) is 9.33. The van der Waals surface area contributed by atoms with Gasteiger partial charge in [0.1, 0.15) is 0 Å². The number of hydrogen-bond acceptors (Lipinski definition) is 3. The summed E-state index contributed by atoms with van der Waals surface area (Å²) in [5.41, 5.74) is 0.262. The maximum Gasteiger partial charge on any atom is 0.0783 e. The Kier molecular flexibility index (Phi) is 4.76. The van der Waals surface area contributed by atoms with E-state index in [1.807, 2.05) is 0 Å². The molecule has 1 aliphatic carbocycles. The summed E-state index contributed by atoms with van der Waals surface area (Å²) in [5, 5.41) is 3.62. The Hall–Kier alpha value is 0.270. The van der Waals surface area contributed by atoms with Gasteiger partial charge in [0, 0.05) is 18.4 Å². The maximum atomic E-state index is 6.21. The highest BCUT2D eigenvalue weighted by atomic mass is 32.2. The predicted molar refractivity (Wildman–Crippen MR) is 82.8 cm³/mol. The molecule has 0 radical (unpaired) electrons. The van der Waals surface area contributed by atoms with E-state index in [4.69, 9.17) is 4.74 Å². The monoisotopic (exact) mass is 283 g/mol. The van der Waals surface area contributed by atoms with Crippen LogP contribution in [0.15, 0.2) is 0 Å². The number of ether oxygens (including phenoxy) is 1. The molecule has 4 atom stereocenters. The van der Waals surface area contributed by atoms with Gasteiger partial charge in [0.2, 0.25) is 0 Å². The summed E-state index contributed by atoms with van der Waals surface area (Å²) in [6.45, 7) is 1.01. The zero-order valence-corrected chi connectivity index (χ0v) is 13.1. The molecular weight excluding hydrogens is 254 g/mol. The van der Waals surface area contributed by atoms with E-state index in [1.54, 1.807) is 0 Å². The van der Waals surface area contributed by atoms with Gasteiger partial charge in [-0.2, -0.15) is 11.8 Å². The Labute approximate surface area is 122 Å². The minimum atomic E-state index is 0.262. The van der Waals surface area contributed by atoms with Gasteiger partial charge in [-0.25, -0.2) is 0 Å². The molecular formula is C16H29NOS. The smallest absolute Gasteiger partial charge is 0.0783 e. The molecule has 0 bridgehead atoms. The van der Waals surface area contributed by atoms with Crippen molar-refractivity contribution in [2.45, 2.75) is 63.0 Å². The summed E-state index contributed by atoms with van der Waals surface area (Å²) in [4.78, 5) is 0. The molecule has 19 heavy (non-hydrogen) atoms. The SMILES string of the molecule is CNC1CCCCCC1C1CCOC2(CCSC2)C1. The molecule has 0 aromatic rings. The molecule has 2 heterocycles. The lowest BCUT2D eigenvalue weighted by Crippen LogP contribution is -2.46. The van der Waals surface area contributed by atoms with Gasteiger partial charge in [-0.1, -0.05) is 19.3 Å². The van der Waals surface area contributed by atoms with Crippen molar-refractivity contribution in [3.05, 3.63) is 0 Å². The number of thioether (sulfide) groups is 1. The van der Waals surface area contributed by atoms with Gasteiger partial charge in [0.25, 0.3) is 0 Å². The molecule has 0 amide bonds. The molecule has 1 saturated carbocycles. The molecule has 3 rings (SSSR count). The van der Waals surface area contributed by atoms with Gasteiger partial charge in [0.15, 0.2) is 0 Å². The highest BCUT2D eigenvalue weighted by Crippen LogP contribution is 2.45. The number of nitrogens with one attached hydrogen (secondary N) is 1. The molecule has 3 aliphatic rings. The van der Waals surface area contributed by atoms with Gasteiger partial charge in [-0.3, -0.25) is 0 Å². The largest absolute Gasteiger partial charge is 0.374 e. The molecule has 2 saturated heterocycles. The first-order valence-corrected chi connectivity index (χ1v) is 9.37. The van der Waals surface area contributed by atoms with Crippen molar-refractivity contribution in [2.75, 3.05) is 25.2 Å². The van der Waals surface area contributed by atoms with Crippen molar-refractivity contribution in [2.24, 2.45) is 11.8 Å². The summed E-state index contributed by atoms with van der Waals surface area (Å²) in [7, 11) is 2.17. The minimum Gasteiger partial charge on any atom is -0.374 e. The van der Waals surface area contributed by atoms with Crippen LogP contribution in [0.2, 0.25) is 0 Å². The lowest BCUT2D eigenvalue weighted by atomic mass is 9.73. The van der Waals surface area contributed by atoms with Gasteiger partial charge in [-0.05, 0) is 56.7 Å². The normalized spacial score (nSPS) is 44.4. The van der Waals surface area contributed by atoms with Gasteiger partial charge >= 0.3 is 0 Å². The highest BCUT2D eigenvalue weighted by Gasteiger charge is 2.43. The standard InChI is InChI=1S/C16H29NOS/c1-17-15-6-4-2-3-5-14(15)13-7-9-18-16(11-13)8-10-19-12-16/h13-15,17H,2-12H2,1H3. The first-order valence-electron chi connectivity index (χ1n) is 8.22. The summed E-state index contributed by atoms with van der Waals surface area (Å²) >= 11 is 2.10. The van der Waals surface area contributed by atoms with Crippen LogP contribution >= 0.6 is 11.8 Å². The van der Waals surface area contributed by atoms with E-state index in [0.29, 0.717) is 0 Å². The molecule has 110 valence electrons. The third kappa shape index (κ3) is 3.14. The molecule has 2 nitrogen and oxygen atoms in total. The lowest BCUT2D eigenvalue weighted by molar-refractivity contribution is -0.0921. The third-order valence-corrected chi connectivity index (χ3v) is 6.87. The van der Waals surface area contributed by atoms with Crippen LogP contribution in [0.1, 0.15) is 51.4 Å². The van der Waals surface area contributed by atoms with Crippen molar-refractivity contribution in [3.8, 4) is 0 Å². The van der Waals surface area contributed by atoms with Crippen LogP contribution in [0.3, 0.4) is 0 Å². The molecule has 2 aliphatic heterocycles. The first kappa shape index (κ1) is 14.2. The van der Waals surface area contributed by atoms with Gasteiger partial charge in [0.05, 0.1) is 5.60 Å². The van der Waals surface area contributed by atoms with Gasteiger partial charge < -0.3 is 10.1 Å². The van der Waals surface area contributed by atoms with E-state index in [2.05, 4.69) is 24.1 Å². The van der Waals surface area contributed by atoms with Crippen LogP contribution in [0.25, 0.3) is 0 Å². The molecule has 4 unspecified atom stereocenters. The predicted octanol–water partition coefficient (Wildman–Crippen LogP) is 3.46. The van der Waals surface area contributed by atoms with Crippen LogP contribution in [0.5, 0.6) is 0 Å². The molecule has 0 aromatic heterocycles. The fraction of sp³-hybridized carbons (Fsp3) is 1.00. The van der Waals surface area contributed by atoms with Crippen LogP contribution in [-0.2, 0) is 4.74 Å². The molecule has 1 N–H and O–H groups in total. The summed E-state index contributed by atoms with van der Waals surface area (Å²) < 4.78 is 6.21. The molecule has 3 fully saturated rings. The average Bonchev–Trinajstić information content (AvgIpc) is 2.75. The molecule has 1 spiro atoms. The van der Waals surface area contributed by atoms with Crippen molar-refractivity contribution in [3.63, 3.8) is 0 Å². The van der Waals surface area contributed by atoms with Crippen molar-refractivity contribution < 1.29 is 4.74 Å². The maximum absolute atomic E-state index is 6.21. The quantitative estimate of drug-likeness (QED) is 0.784. The second-order valence-electron chi connectivity index (χ2n) is 6.78. The van der Waals surface area contributed by atoms with E-state index in [0.717, 1.165) is 24.5 Å². The second kappa shape index (κ2) is 6.36. The number of rotatable bonds is 2. The lowest BCUT2D eigenvalue weighted by Gasteiger charge is -2.43. The minimum absolute atomic E-state index is 0.262. The van der Waals surface area contributed by atoms with Gasteiger partial charge in [-0.15, -0.1) is 0 Å². The van der Waals surface area contributed by atoms with Crippen molar-refractivity contribution in [1.29, 1.82) is 0 Å². The Morgan fingerprint density at radius 1 is 1.16 bits per heavy atom. The van der Waals surface area contributed by atoms with Crippen LogP contribution in [0.4, 0.5) is 0 Å². The van der Waals surface area contributed by atoms with E-state index in [1.165, 1.54) is 62.9 Å². The van der Waals surface area contributed by atoms with Crippen LogP contribution < -0.4 is 5.32 Å². The van der Waals surface area contributed by atoms with E-state index >= 15 is 0 Å². The van der Waals surface area contributed by atoms with Crippen LogP contribution in [0, 0.1) is 11.8 Å². The summed E-state index contributed by atoms with van der Waals surface area (Å²) in [6.07, 6.45) is 11.1. The van der Waals surface area contributed by atoms with E-state index < -0.39 is 0 Å². The fourth-order valence-corrected chi connectivity index (χ4v) is 5.93.